The molecule has 2 aliphatic rings. The fourth-order valence-corrected chi connectivity index (χ4v) is 4.58. The highest BCUT2D eigenvalue weighted by Crippen LogP contribution is 2.43. The third-order valence-electron chi connectivity index (χ3n) is 5.53. The van der Waals surface area contributed by atoms with E-state index in [0.29, 0.717) is 17.8 Å². The minimum absolute atomic E-state index is 0.161. The van der Waals surface area contributed by atoms with Crippen LogP contribution in [0.1, 0.15) is 56.4 Å². The van der Waals surface area contributed by atoms with Crippen molar-refractivity contribution in [3.63, 3.8) is 0 Å². The van der Waals surface area contributed by atoms with Crippen molar-refractivity contribution in [3.8, 4) is 11.1 Å². The van der Waals surface area contributed by atoms with E-state index in [9.17, 15) is 4.39 Å². The molecule has 0 aliphatic heterocycles. The Balaban J connectivity index is 1.89. The second-order valence-electron chi connectivity index (χ2n) is 7.74. The number of allylic oxidation sites excluding steroid dienone is 2. The van der Waals surface area contributed by atoms with Crippen LogP contribution in [0.2, 0.25) is 0 Å². The van der Waals surface area contributed by atoms with Gasteiger partial charge in [0.25, 0.3) is 0 Å². The molecule has 1 aromatic carbocycles. The van der Waals surface area contributed by atoms with Crippen LogP contribution >= 0.6 is 0 Å². The van der Waals surface area contributed by atoms with Gasteiger partial charge in [-0.25, -0.2) is 4.39 Å². The van der Waals surface area contributed by atoms with Gasteiger partial charge in [-0.05, 0) is 83.0 Å². The largest absolute Gasteiger partial charge is 0.256 e. The van der Waals surface area contributed by atoms with Gasteiger partial charge < -0.3 is 0 Å². The van der Waals surface area contributed by atoms with Crippen LogP contribution < -0.4 is 0 Å². The Bertz CT molecular complexity index is 821. The van der Waals surface area contributed by atoms with Gasteiger partial charge in [0, 0.05) is 6.20 Å². The van der Waals surface area contributed by atoms with Crippen molar-refractivity contribution >= 4 is 5.57 Å². The molecule has 0 radical (unpaired) electrons. The van der Waals surface area contributed by atoms with Gasteiger partial charge in [0.2, 0.25) is 0 Å². The van der Waals surface area contributed by atoms with Crippen LogP contribution in [0.3, 0.4) is 0 Å². The second-order valence-corrected chi connectivity index (χ2v) is 7.74. The number of hydrogen-bond acceptors (Lipinski definition) is 1. The highest BCUT2D eigenvalue weighted by Gasteiger charge is 2.27. The maximum atomic E-state index is 13.8. The van der Waals surface area contributed by atoms with Gasteiger partial charge in [-0.1, -0.05) is 32.9 Å². The molecule has 1 nitrogen and oxygen atoms in total. The summed E-state index contributed by atoms with van der Waals surface area (Å²) < 4.78 is 13.8. The Morgan fingerprint density at radius 2 is 1.88 bits per heavy atom. The molecule has 2 aliphatic carbocycles. The van der Waals surface area contributed by atoms with Gasteiger partial charge in [-0.15, -0.1) is 0 Å². The molecule has 24 heavy (non-hydrogen) atoms. The zero-order valence-electron chi connectivity index (χ0n) is 14.6. The van der Waals surface area contributed by atoms with E-state index in [4.69, 9.17) is 4.98 Å². The van der Waals surface area contributed by atoms with Crippen LogP contribution in [-0.4, -0.2) is 4.98 Å². The molecule has 0 fully saturated rings. The molecule has 0 amide bonds. The second kappa shape index (κ2) is 5.84. The van der Waals surface area contributed by atoms with Crippen molar-refractivity contribution in [2.45, 2.75) is 46.0 Å². The molecule has 124 valence electrons. The average Bonchev–Trinajstić information content (AvgIpc) is 2.53. The summed E-state index contributed by atoms with van der Waals surface area (Å²) in [4.78, 5) is 4.75. The summed E-state index contributed by atoms with van der Waals surface area (Å²) in [6.45, 7) is 6.85. The summed E-state index contributed by atoms with van der Waals surface area (Å²) in [6, 6.07) is 7.27. The number of pyridine rings is 1. The predicted octanol–water partition coefficient (Wildman–Crippen LogP) is 6.00. The van der Waals surface area contributed by atoms with Crippen molar-refractivity contribution in [3.05, 3.63) is 59.2 Å². The van der Waals surface area contributed by atoms with E-state index in [1.807, 2.05) is 12.3 Å². The summed E-state index contributed by atoms with van der Waals surface area (Å²) in [5, 5.41) is 0. The van der Waals surface area contributed by atoms with E-state index in [1.54, 1.807) is 12.1 Å². The lowest BCUT2D eigenvalue weighted by Crippen LogP contribution is -2.15. The maximum Gasteiger partial charge on any atom is 0.123 e. The molecule has 4 rings (SSSR count). The summed E-state index contributed by atoms with van der Waals surface area (Å²) >= 11 is 0. The number of aromatic nitrogens is 1. The molecule has 2 aromatic rings. The first-order chi connectivity index (χ1) is 11.5. The maximum absolute atomic E-state index is 13.8. The zero-order chi connectivity index (χ0) is 16.8. The molecule has 2 heteroatoms. The first-order valence-electron chi connectivity index (χ1n) is 9.01. The third-order valence-corrected chi connectivity index (χ3v) is 5.53. The smallest absolute Gasteiger partial charge is 0.123 e. The van der Waals surface area contributed by atoms with Gasteiger partial charge >= 0.3 is 0 Å². The standard InChI is InChI=1S/C22H24FN/c1-13-8-14(2)10-16(9-13)22-21-11-15(3)18-5-4-17(23)12-20(18)19(21)6-7-24-22/h4-7,9,12-15H,8,10-11H2,1-3H3. The van der Waals surface area contributed by atoms with E-state index >= 15 is 0 Å². The lowest BCUT2D eigenvalue weighted by molar-refractivity contribution is 0.456. The van der Waals surface area contributed by atoms with Crippen LogP contribution in [0, 0.1) is 17.7 Å². The molecule has 0 saturated carbocycles. The number of fused-ring (bicyclic) bond motifs is 3. The molecule has 3 atom stereocenters. The minimum atomic E-state index is -0.161. The fraction of sp³-hybridized carbons (Fsp3) is 0.409. The molecule has 1 aromatic heterocycles. The van der Waals surface area contributed by atoms with E-state index in [0.717, 1.165) is 24.1 Å². The Kier molecular flexibility index (Phi) is 3.79. The minimum Gasteiger partial charge on any atom is -0.256 e. The van der Waals surface area contributed by atoms with Crippen molar-refractivity contribution < 1.29 is 4.39 Å². The van der Waals surface area contributed by atoms with Gasteiger partial charge in [0.05, 0.1) is 5.69 Å². The first-order valence-corrected chi connectivity index (χ1v) is 9.01. The molecular weight excluding hydrogens is 297 g/mol. The van der Waals surface area contributed by atoms with Gasteiger partial charge in [-0.2, -0.15) is 0 Å². The third kappa shape index (κ3) is 2.58. The van der Waals surface area contributed by atoms with Crippen LogP contribution in [0.25, 0.3) is 16.7 Å². The van der Waals surface area contributed by atoms with Crippen molar-refractivity contribution in [2.75, 3.05) is 0 Å². The monoisotopic (exact) mass is 321 g/mol. The van der Waals surface area contributed by atoms with E-state index in [-0.39, 0.29) is 5.82 Å². The lowest BCUT2D eigenvalue weighted by Gasteiger charge is -2.29. The van der Waals surface area contributed by atoms with Crippen LogP contribution in [0.15, 0.2) is 36.5 Å². The van der Waals surface area contributed by atoms with Crippen LogP contribution in [0.5, 0.6) is 0 Å². The number of halogens is 1. The quantitative estimate of drug-likeness (QED) is 0.628. The Morgan fingerprint density at radius 1 is 1.04 bits per heavy atom. The zero-order valence-corrected chi connectivity index (χ0v) is 14.6. The predicted molar refractivity (Wildman–Crippen MR) is 97.3 cm³/mol. The number of hydrogen-bond donors (Lipinski definition) is 0. The van der Waals surface area contributed by atoms with Gasteiger partial charge in [0.1, 0.15) is 5.82 Å². The van der Waals surface area contributed by atoms with E-state index in [2.05, 4.69) is 32.9 Å². The number of nitrogens with zero attached hydrogens (tertiary/aromatic N) is 1. The lowest BCUT2D eigenvalue weighted by atomic mass is 9.76. The van der Waals surface area contributed by atoms with Crippen molar-refractivity contribution in [1.29, 1.82) is 0 Å². The topological polar surface area (TPSA) is 12.9 Å². The molecular formula is C22H24FN. The molecule has 3 unspecified atom stereocenters. The van der Waals surface area contributed by atoms with Crippen molar-refractivity contribution in [1.82, 2.24) is 4.98 Å². The highest BCUT2D eigenvalue weighted by atomic mass is 19.1. The summed E-state index contributed by atoms with van der Waals surface area (Å²) in [6.07, 6.45) is 7.62. The Morgan fingerprint density at radius 3 is 2.67 bits per heavy atom. The average molecular weight is 321 g/mol. The molecule has 0 saturated heterocycles. The number of rotatable bonds is 1. The SMILES string of the molecule is CC1C=C(c2nccc3c2CC(C)c2ccc(F)cc2-3)CC(C)C1. The molecule has 0 N–H and O–H groups in total. The Labute approximate surface area is 143 Å². The van der Waals surface area contributed by atoms with Gasteiger partial charge in [-0.3, -0.25) is 4.98 Å². The van der Waals surface area contributed by atoms with Crippen LogP contribution in [0.4, 0.5) is 4.39 Å². The number of benzene rings is 1. The fourth-order valence-electron chi connectivity index (χ4n) is 4.58. The molecule has 0 spiro atoms. The van der Waals surface area contributed by atoms with E-state index in [1.165, 1.54) is 28.7 Å². The van der Waals surface area contributed by atoms with Crippen molar-refractivity contribution in [2.24, 2.45) is 11.8 Å². The normalized spacial score (nSPS) is 25.7. The Hall–Kier alpha value is -1.96. The van der Waals surface area contributed by atoms with Gasteiger partial charge in [0.15, 0.2) is 0 Å². The highest BCUT2D eigenvalue weighted by molar-refractivity contribution is 5.79. The molecule has 0 bridgehead atoms. The summed E-state index contributed by atoms with van der Waals surface area (Å²) in [5.41, 5.74) is 7.29. The molecule has 1 heterocycles. The van der Waals surface area contributed by atoms with Crippen LogP contribution in [-0.2, 0) is 6.42 Å². The van der Waals surface area contributed by atoms with E-state index < -0.39 is 0 Å². The summed E-state index contributed by atoms with van der Waals surface area (Å²) in [5.74, 6) is 1.54. The first kappa shape index (κ1) is 15.6. The summed E-state index contributed by atoms with van der Waals surface area (Å²) in [7, 11) is 0.